The summed E-state index contributed by atoms with van der Waals surface area (Å²) in [6, 6.07) is 3.94. The highest BCUT2D eigenvalue weighted by Gasteiger charge is 2.30. The number of amides is 3. The molecule has 1 aromatic rings. The van der Waals surface area contributed by atoms with Crippen molar-refractivity contribution in [3.8, 4) is 0 Å². The minimum Gasteiger partial charge on any atom is -0.449 e. The molecule has 1 N–H and O–H groups in total. The van der Waals surface area contributed by atoms with E-state index in [1.54, 1.807) is 27.6 Å². The van der Waals surface area contributed by atoms with Gasteiger partial charge in [-0.3, -0.25) is 9.59 Å². The number of rotatable bonds is 8. The second-order valence-corrected chi connectivity index (χ2v) is 9.54. The predicted molar refractivity (Wildman–Crippen MR) is 125 cm³/mol. The molecular formula is C21H29Cl2N3O4S. The molecule has 7 nitrogen and oxygen atoms in total. The fraction of sp³-hybridized carbons (Fsp3) is 0.571. The summed E-state index contributed by atoms with van der Waals surface area (Å²) in [4.78, 5) is 41.3. The zero-order chi connectivity index (χ0) is 23.0. The molecule has 1 fully saturated rings. The third-order valence-electron chi connectivity index (χ3n) is 4.78. The van der Waals surface area contributed by atoms with Crippen molar-refractivity contribution in [2.45, 2.75) is 26.3 Å². The van der Waals surface area contributed by atoms with Gasteiger partial charge < -0.3 is 19.9 Å². The highest BCUT2D eigenvalue weighted by atomic mass is 35.5. The maximum Gasteiger partial charge on any atom is 0.409 e. The Kier molecular flexibility index (Phi) is 10.3. The van der Waals surface area contributed by atoms with Gasteiger partial charge in [-0.2, -0.15) is 11.8 Å². The van der Waals surface area contributed by atoms with E-state index in [9.17, 15) is 14.4 Å². The first-order chi connectivity index (χ1) is 14.7. The van der Waals surface area contributed by atoms with Crippen LogP contribution in [0.5, 0.6) is 0 Å². The molecule has 0 aliphatic carbocycles. The van der Waals surface area contributed by atoms with E-state index in [4.69, 9.17) is 27.9 Å². The van der Waals surface area contributed by atoms with Crippen LogP contribution in [0.1, 0.15) is 30.6 Å². The molecule has 0 bridgehead atoms. The van der Waals surface area contributed by atoms with Gasteiger partial charge in [0.1, 0.15) is 6.04 Å². The molecule has 0 spiro atoms. The van der Waals surface area contributed by atoms with Gasteiger partial charge in [0.2, 0.25) is 5.91 Å². The van der Waals surface area contributed by atoms with E-state index in [0.717, 1.165) is 0 Å². The van der Waals surface area contributed by atoms with E-state index in [-0.39, 0.29) is 28.5 Å². The number of hydrogen-bond donors (Lipinski definition) is 1. The molecule has 1 aliphatic rings. The van der Waals surface area contributed by atoms with Gasteiger partial charge in [0.05, 0.1) is 17.2 Å². The Morgan fingerprint density at radius 2 is 1.77 bits per heavy atom. The zero-order valence-corrected chi connectivity index (χ0v) is 20.4. The van der Waals surface area contributed by atoms with Crippen LogP contribution in [0.3, 0.4) is 0 Å². The first kappa shape index (κ1) is 25.6. The molecule has 2 rings (SSSR count). The fourth-order valence-corrected chi connectivity index (χ4v) is 4.03. The van der Waals surface area contributed by atoms with Crippen LogP contribution in [0.15, 0.2) is 18.2 Å². The molecular weight excluding hydrogens is 461 g/mol. The molecule has 1 unspecified atom stereocenters. The van der Waals surface area contributed by atoms with Crippen LogP contribution in [-0.4, -0.2) is 78.5 Å². The quantitative estimate of drug-likeness (QED) is 0.600. The summed E-state index contributed by atoms with van der Waals surface area (Å²) in [5.41, 5.74) is 0.269. The molecule has 0 aromatic heterocycles. The van der Waals surface area contributed by atoms with Gasteiger partial charge >= 0.3 is 6.09 Å². The smallest absolute Gasteiger partial charge is 0.409 e. The topological polar surface area (TPSA) is 79.0 Å². The van der Waals surface area contributed by atoms with Crippen molar-refractivity contribution in [2.24, 2.45) is 5.92 Å². The van der Waals surface area contributed by atoms with Crippen LogP contribution in [0.2, 0.25) is 10.0 Å². The molecule has 1 aromatic carbocycles. The predicted octanol–water partition coefficient (Wildman–Crippen LogP) is 3.78. The minimum atomic E-state index is -0.675. The molecule has 1 heterocycles. The number of halogens is 2. The molecule has 3 amide bonds. The summed E-state index contributed by atoms with van der Waals surface area (Å²) < 4.78 is 5.26. The Balaban J connectivity index is 1.98. The minimum absolute atomic E-state index is 0.164. The lowest BCUT2D eigenvalue weighted by molar-refractivity contribution is -0.134. The van der Waals surface area contributed by atoms with Crippen molar-refractivity contribution in [1.29, 1.82) is 0 Å². The molecule has 0 radical (unpaired) electrons. The van der Waals surface area contributed by atoms with Gasteiger partial charge in [-0.15, -0.1) is 0 Å². The van der Waals surface area contributed by atoms with Crippen molar-refractivity contribution in [3.05, 3.63) is 33.8 Å². The van der Waals surface area contributed by atoms with E-state index in [2.05, 4.69) is 5.32 Å². The number of hydrogen-bond acceptors (Lipinski definition) is 5. The normalized spacial score (nSPS) is 15.0. The lowest BCUT2D eigenvalue weighted by Crippen LogP contribution is -2.56. The van der Waals surface area contributed by atoms with Gasteiger partial charge in [-0.05, 0) is 42.5 Å². The van der Waals surface area contributed by atoms with Crippen molar-refractivity contribution in [3.63, 3.8) is 0 Å². The summed E-state index contributed by atoms with van der Waals surface area (Å²) in [5, 5.41) is 3.48. The standard InChI is InChI=1S/C21H29Cl2N3O4S/c1-14(2)13-30-21(29)26-9-7-25(8-10-26)20(28)18(6-11-31-3)24-19(27)16-5-4-15(22)12-17(16)23/h4-5,12,14,18H,6-11,13H2,1-3H3,(H,24,27). The van der Waals surface area contributed by atoms with Gasteiger partial charge in [-0.1, -0.05) is 37.0 Å². The number of thioether (sulfide) groups is 1. The third-order valence-corrected chi connectivity index (χ3v) is 5.97. The molecule has 1 aliphatic heterocycles. The van der Waals surface area contributed by atoms with Gasteiger partial charge in [-0.25, -0.2) is 4.79 Å². The highest BCUT2D eigenvalue weighted by molar-refractivity contribution is 7.98. The second-order valence-electron chi connectivity index (χ2n) is 7.71. The average Bonchev–Trinajstić information content (AvgIpc) is 2.74. The van der Waals surface area contributed by atoms with E-state index in [1.807, 2.05) is 20.1 Å². The monoisotopic (exact) mass is 489 g/mol. The molecule has 1 saturated heterocycles. The number of piperazine rings is 1. The van der Waals surface area contributed by atoms with Crippen LogP contribution >= 0.6 is 35.0 Å². The lowest BCUT2D eigenvalue weighted by atomic mass is 10.1. The van der Waals surface area contributed by atoms with Crippen LogP contribution in [-0.2, 0) is 9.53 Å². The Morgan fingerprint density at radius 1 is 1.13 bits per heavy atom. The number of benzene rings is 1. The summed E-state index contributed by atoms with van der Waals surface area (Å²) >= 11 is 13.6. The maximum atomic E-state index is 13.1. The number of ether oxygens (including phenoxy) is 1. The Hall–Kier alpha value is -1.64. The van der Waals surface area contributed by atoms with Crippen molar-refractivity contribution < 1.29 is 19.1 Å². The number of carbonyl (C=O) groups excluding carboxylic acids is 3. The van der Waals surface area contributed by atoms with E-state index >= 15 is 0 Å². The van der Waals surface area contributed by atoms with Gasteiger partial charge in [0.15, 0.2) is 0 Å². The molecule has 0 saturated carbocycles. The summed E-state index contributed by atoms with van der Waals surface area (Å²) in [6.45, 7) is 5.90. The average molecular weight is 490 g/mol. The van der Waals surface area contributed by atoms with E-state index in [1.165, 1.54) is 12.1 Å². The maximum absolute atomic E-state index is 13.1. The second kappa shape index (κ2) is 12.4. The van der Waals surface area contributed by atoms with Crippen LogP contribution < -0.4 is 5.32 Å². The van der Waals surface area contributed by atoms with Crippen LogP contribution in [0, 0.1) is 5.92 Å². The largest absolute Gasteiger partial charge is 0.449 e. The van der Waals surface area contributed by atoms with Crippen LogP contribution in [0.25, 0.3) is 0 Å². The SMILES string of the molecule is CSCCC(NC(=O)c1ccc(Cl)cc1Cl)C(=O)N1CCN(C(=O)OCC(C)C)CC1. The number of carbonyl (C=O) groups is 3. The Morgan fingerprint density at radius 3 is 2.35 bits per heavy atom. The van der Waals surface area contributed by atoms with Crippen LogP contribution in [0.4, 0.5) is 4.79 Å². The third kappa shape index (κ3) is 7.77. The summed E-state index contributed by atoms with van der Waals surface area (Å²) in [7, 11) is 0. The van der Waals surface area contributed by atoms with Crippen molar-refractivity contribution >= 4 is 52.9 Å². The summed E-state index contributed by atoms with van der Waals surface area (Å²) in [5.74, 6) is 0.397. The Labute approximate surface area is 197 Å². The fourth-order valence-electron chi connectivity index (χ4n) is 3.06. The number of nitrogens with one attached hydrogen (secondary N) is 1. The highest BCUT2D eigenvalue weighted by Crippen LogP contribution is 2.21. The number of nitrogens with zero attached hydrogens (tertiary/aromatic N) is 2. The first-order valence-electron chi connectivity index (χ1n) is 10.2. The molecule has 31 heavy (non-hydrogen) atoms. The molecule has 172 valence electrons. The van der Waals surface area contributed by atoms with E-state index < -0.39 is 11.9 Å². The molecule has 10 heteroatoms. The van der Waals surface area contributed by atoms with E-state index in [0.29, 0.717) is 50.0 Å². The Bertz CT molecular complexity index is 786. The first-order valence-corrected chi connectivity index (χ1v) is 12.3. The van der Waals surface area contributed by atoms with Crippen molar-refractivity contribution in [2.75, 3.05) is 44.8 Å². The van der Waals surface area contributed by atoms with Gasteiger partial charge in [0, 0.05) is 31.2 Å². The summed E-state index contributed by atoms with van der Waals surface area (Å²) in [6.07, 6.45) is 2.08. The zero-order valence-electron chi connectivity index (χ0n) is 18.0. The lowest BCUT2D eigenvalue weighted by Gasteiger charge is -2.36. The van der Waals surface area contributed by atoms with Gasteiger partial charge in [0.25, 0.3) is 5.91 Å². The molecule has 1 atom stereocenters. The van der Waals surface area contributed by atoms with Crippen molar-refractivity contribution in [1.82, 2.24) is 15.1 Å².